The van der Waals surface area contributed by atoms with E-state index in [9.17, 15) is 70.2 Å². The minimum atomic E-state index is -8.51. The lowest BCUT2D eigenvalue weighted by molar-refractivity contribution is -0.469. The maximum atomic E-state index is 13.1. The van der Waals surface area contributed by atoms with E-state index in [1.807, 2.05) is 0 Å². The van der Waals surface area contributed by atoms with Gasteiger partial charge in [-0.3, -0.25) is 5.32 Å². The third-order valence-corrected chi connectivity index (χ3v) is 3.06. The molecule has 0 amide bonds. The number of hydrogen-bond donors (Lipinski definition) is 2. The van der Waals surface area contributed by atoms with Gasteiger partial charge < -0.3 is 5.11 Å². The third-order valence-electron chi connectivity index (χ3n) is 3.06. The zero-order chi connectivity index (χ0) is 22.7. The maximum absolute atomic E-state index is 13.1. The zero-order valence-corrected chi connectivity index (χ0v) is 12.0. The molecule has 0 aromatic carbocycles. The lowest BCUT2D eigenvalue weighted by Gasteiger charge is -2.42. The molecule has 2 N–H and O–H groups in total. The molecule has 18 heteroatoms. The normalized spacial score (nSPS) is 16.7. The molecular weight excluding hydrogens is 442 g/mol. The molecule has 2 nitrogen and oxygen atoms in total. The van der Waals surface area contributed by atoms with Crippen molar-refractivity contribution < 1.29 is 75.4 Å². The fourth-order valence-electron chi connectivity index (χ4n) is 1.33. The average molecular weight is 447 g/mol. The number of aliphatic hydroxyl groups is 1. The predicted molar refractivity (Wildman–Crippen MR) is 50.9 cm³/mol. The van der Waals surface area contributed by atoms with E-state index in [-0.39, 0.29) is 12.4 Å². The molecule has 0 rings (SSSR count). The van der Waals surface area contributed by atoms with Gasteiger partial charge in [0.25, 0.3) is 0 Å². The fourth-order valence-corrected chi connectivity index (χ4v) is 1.33. The molecule has 0 saturated heterocycles. The molecule has 0 aliphatic heterocycles. The number of alkyl halides is 16. The standard InChI is InChI=1S/C9H5F16NO/c1-26-8(22,23)6(18,19)4(14,15)2(10,11)3(12,13)5(16,17)7(20,21)9(24,25)27/h26-27H,1H3. The first-order valence-corrected chi connectivity index (χ1v) is 5.75. The number of nitrogens with one attached hydrogen (secondary N) is 1. The first kappa shape index (κ1) is 25.8. The molecule has 0 bridgehead atoms. The van der Waals surface area contributed by atoms with Crippen LogP contribution in [0.25, 0.3) is 0 Å². The number of rotatable bonds is 8. The predicted octanol–water partition coefficient (Wildman–Crippen LogP) is 4.20. The van der Waals surface area contributed by atoms with E-state index in [2.05, 4.69) is 0 Å². The van der Waals surface area contributed by atoms with Crippen molar-refractivity contribution in [3.05, 3.63) is 0 Å². The molecule has 0 heterocycles. The van der Waals surface area contributed by atoms with Gasteiger partial charge >= 0.3 is 47.7 Å². The Bertz CT molecular complexity index is 549. The van der Waals surface area contributed by atoms with Crippen LogP contribution in [0.2, 0.25) is 0 Å². The molecule has 27 heavy (non-hydrogen) atoms. The molecular formula is C9H5F16NO. The number of halogens is 16. The van der Waals surface area contributed by atoms with Gasteiger partial charge in [0.2, 0.25) is 0 Å². The van der Waals surface area contributed by atoms with Gasteiger partial charge in [0.15, 0.2) is 0 Å². The van der Waals surface area contributed by atoms with Crippen molar-refractivity contribution in [3.8, 4) is 0 Å². The first-order chi connectivity index (χ1) is 11.3. The van der Waals surface area contributed by atoms with Crippen molar-refractivity contribution in [3.63, 3.8) is 0 Å². The largest absolute Gasteiger partial charge is 0.423 e. The van der Waals surface area contributed by atoms with Crippen LogP contribution >= 0.6 is 0 Å². The van der Waals surface area contributed by atoms with Crippen molar-refractivity contribution in [2.45, 2.75) is 47.7 Å². The SMILES string of the molecule is CNC(F)(F)C(F)(F)C(F)(F)C(F)(F)C(F)(F)C(F)(F)C(F)(F)C(O)(F)F. The molecule has 0 fully saturated rings. The van der Waals surface area contributed by atoms with Gasteiger partial charge in [0.1, 0.15) is 0 Å². The molecule has 0 atom stereocenters. The van der Waals surface area contributed by atoms with Gasteiger partial charge in [0.05, 0.1) is 0 Å². The summed E-state index contributed by atoms with van der Waals surface area (Å²) in [6.07, 6.45) is -7.25. The van der Waals surface area contributed by atoms with Crippen LogP contribution in [0.3, 0.4) is 0 Å². The van der Waals surface area contributed by atoms with Crippen LogP contribution < -0.4 is 5.32 Å². The molecule has 0 unspecified atom stereocenters. The van der Waals surface area contributed by atoms with Crippen LogP contribution in [0.5, 0.6) is 0 Å². The summed E-state index contributed by atoms with van der Waals surface area (Å²) in [5.41, 5.74) is 0. The van der Waals surface area contributed by atoms with Crippen molar-refractivity contribution in [2.75, 3.05) is 7.05 Å². The molecule has 164 valence electrons. The molecule has 0 aromatic heterocycles. The van der Waals surface area contributed by atoms with Crippen molar-refractivity contribution in [1.82, 2.24) is 5.32 Å². The van der Waals surface area contributed by atoms with Crippen molar-refractivity contribution >= 4 is 0 Å². The summed E-state index contributed by atoms with van der Waals surface area (Å²) in [7, 11) is -0.296. The molecule has 0 aliphatic carbocycles. The van der Waals surface area contributed by atoms with E-state index in [0.717, 1.165) is 0 Å². The summed E-state index contributed by atoms with van der Waals surface area (Å²) in [4.78, 5) is 0. The Hall–Kier alpha value is -1.20. The van der Waals surface area contributed by atoms with E-state index in [0.29, 0.717) is 0 Å². The molecule has 0 aliphatic rings. The van der Waals surface area contributed by atoms with E-state index in [1.165, 1.54) is 0 Å². The summed E-state index contributed by atoms with van der Waals surface area (Å²) >= 11 is 0. The average Bonchev–Trinajstić information content (AvgIpc) is 2.44. The van der Waals surface area contributed by atoms with Crippen LogP contribution in [-0.2, 0) is 0 Å². The Morgan fingerprint density at radius 3 is 0.889 bits per heavy atom. The second-order valence-corrected chi connectivity index (χ2v) is 4.81. The Morgan fingerprint density at radius 1 is 0.444 bits per heavy atom. The van der Waals surface area contributed by atoms with Gasteiger partial charge in [-0.25, -0.2) is 0 Å². The smallest absolute Gasteiger partial charge is 0.331 e. The summed E-state index contributed by atoms with van der Waals surface area (Å²) < 4.78 is 204. The molecule has 0 aromatic rings. The van der Waals surface area contributed by atoms with Crippen molar-refractivity contribution in [2.24, 2.45) is 0 Å². The highest BCUT2D eigenvalue weighted by atomic mass is 19.4. The fraction of sp³-hybridized carbons (Fsp3) is 1.00. The maximum Gasteiger partial charge on any atom is 0.423 e. The van der Waals surface area contributed by atoms with Gasteiger partial charge in [-0.2, -0.15) is 70.2 Å². The van der Waals surface area contributed by atoms with Crippen molar-refractivity contribution in [1.29, 1.82) is 0 Å². The molecule has 0 radical (unpaired) electrons. The molecule has 0 spiro atoms. The van der Waals surface area contributed by atoms with Crippen LogP contribution in [0.4, 0.5) is 70.2 Å². The van der Waals surface area contributed by atoms with Crippen LogP contribution in [-0.4, -0.2) is 59.8 Å². The Balaban J connectivity index is 6.65. The zero-order valence-electron chi connectivity index (χ0n) is 12.0. The van der Waals surface area contributed by atoms with Gasteiger partial charge in [-0.15, -0.1) is 0 Å². The quantitative estimate of drug-likeness (QED) is 0.432. The van der Waals surface area contributed by atoms with Crippen LogP contribution in [0.1, 0.15) is 0 Å². The monoisotopic (exact) mass is 447 g/mol. The Morgan fingerprint density at radius 2 is 0.667 bits per heavy atom. The summed E-state index contributed by atoms with van der Waals surface area (Å²) in [5, 5.41) is 7.40. The first-order valence-electron chi connectivity index (χ1n) is 5.75. The van der Waals surface area contributed by atoms with Crippen LogP contribution in [0, 0.1) is 0 Å². The summed E-state index contributed by atoms with van der Waals surface area (Å²) in [5.74, 6) is -49.1. The van der Waals surface area contributed by atoms with Gasteiger partial charge in [0, 0.05) is 0 Å². The minimum absolute atomic E-state index is 0.0327. The molecule has 0 saturated carbocycles. The van der Waals surface area contributed by atoms with Gasteiger partial charge in [-0.1, -0.05) is 0 Å². The summed E-state index contributed by atoms with van der Waals surface area (Å²) in [6.45, 7) is 0. The second kappa shape index (κ2) is 6.15. The highest BCUT2D eigenvalue weighted by Crippen LogP contribution is 2.63. The van der Waals surface area contributed by atoms with E-state index < -0.39 is 47.7 Å². The van der Waals surface area contributed by atoms with E-state index >= 15 is 0 Å². The van der Waals surface area contributed by atoms with Gasteiger partial charge in [-0.05, 0) is 7.05 Å². The lowest BCUT2D eigenvalue weighted by atomic mass is 9.90. The van der Waals surface area contributed by atoms with E-state index in [1.54, 1.807) is 0 Å². The topological polar surface area (TPSA) is 32.3 Å². The minimum Gasteiger partial charge on any atom is -0.331 e. The highest BCUT2D eigenvalue weighted by molar-refractivity contribution is 5.14. The summed E-state index contributed by atoms with van der Waals surface area (Å²) in [6, 6.07) is -6.49. The third kappa shape index (κ3) is 3.07. The van der Waals surface area contributed by atoms with Crippen LogP contribution in [0.15, 0.2) is 0 Å². The van der Waals surface area contributed by atoms with E-state index in [4.69, 9.17) is 5.11 Å². The number of hydrogen-bond acceptors (Lipinski definition) is 2. The highest BCUT2D eigenvalue weighted by Gasteiger charge is 2.94. The lowest BCUT2D eigenvalue weighted by Crippen LogP contribution is -2.75. The second-order valence-electron chi connectivity index (χ2n) is 4.81. The Kier molecular flexibility index (Phi) is 5.87. The Labute approximate surface area is 137 Å².